The largest absolute Gasteiger partial charge is 0.356 e. The number of ether oxygens (including phenoxy) is 1. The smallest absolute Gasteiger partial charge is 0.269 e. The molecule has 0 amide bonds. The van der Waals surface area contributed by atoms with Gasteiger partial charge in [0.25, 0.3) is 11.4 Å². The fourth-order valence-corrected chi connectivity index (χ4v) is 4.18. The molecule has 4 aromatic carbocycles. The average molecular weight is 509 g/mol. The van der Waals surface area contributed by atoms with Crippen molar-refractivity contribution in [2.24, 2.45) is 0 Å². The highest BCUT2D eigenvalue weighted by Crippen LogP contribution is 2.42. The van der Waals surface area contributed by atoms with Gasteiger partial charge in [-0.25, -0.2) is 0 Å². The molecule has 9 heteroatoms. The third-order valence-corrected chi connectivity index (χ3v) is 6.11. The van der Waals surface area contributed by atoms with Crippen molar-refractivity contribution in [2.75, 3.05) is 0 Å². The van der Waals surface area contributed by atoms with Gasteiger partial charge in [-0.1, -0.05) is 83.9 Å². The van der Waals surface area contributed by atoms with Crippen molar-refractivity contribution in [3.05, 3.63) is 150 Å². The van der Waals surface area contributed by atoms with E-state index < -0.39 is 22.1 Å². The van der Waals surface area contributed by atoms with E-state index in [-0.39, 0.29) is 21.4 Å². The molecule has 0 radical (unpaired) electrons. The molecule has 7 nitrogen and oxygen atoms in total. The van der Waals surface area contributed by atoms with Crippen molar-refractivity contribution in [3.8, 4) is 0 Å². The van der Waals surface area contributed by atoms with Crippen LogP contribution in [0.5, 0.6) is 0 Å². The van der Waals surface area contributed by atoms with Gasteiger partial charge in [0.05, 0.1) is 9.85 Å². The van der Waals surface area contributed by atoms with Gasteiger partial charge < -0.3 is 4.74 Å². The van der Waals surface area contributed by atoms with E-state index in [1.807, 2.05) is 60.7 Å². The molecule has 35 heavy (non-hydrogen) atoms. The zero-order chi connectivity index (χ0) is 24.9. The highest BCUT2D eigenvalue weighted by atomic mass is 35.5. The molecule has 176 valence electrons. The molecule has 0 bridgehead atoms. The molecule has 0 aliphatic rings. The summed E-state index contributed by atoms with van der Waals surface area (Å²) in [6, 6.07) is 26.5. The van der Waals surface area contributed by atoms with E-state index in [1.165, 1.54) is 36.4 Å². The van der Waals surface area contributed by atoms with E-state index in [1.54, 1.807) is 0 Å². The summed E-state index contributed by atoms with van der Waals surface area (Å²) in [5.74, 6) is 0. The van der Waals surface area contributed by atoms with Gasteiger partial charge in [-0.15, -0.1) is 0 Å². The van der Waals surface area contributed by atoms with Crippen LogP contribution in [0.2, 0.25) is 10.0 Å². The Morgan fingerprint density at radius 3 is 1.31 bits per heavy atom. The van der Waals surface area contributed by atoms with Gasteiger partial charge in [0, 0.05) is 45.4 Å². The Labute approximate surface area is 210 Å². The topological polar surface area (TPSA) is 95.5 Å². The minimum Gasteiger partial charge on any atom is -0.356 e. The lowest BCUT2D eigenvalue weighted by molar-refractivity contribution is -0.385. The van der Waals surface area contributed by atoms with Crippen molar-refractivity contribution in [2.45, 2.75) is 12.2 Å². The van der Waals surface area contributed by atoms with Gasteiger partial charge in [0.15, 0.2) is 0 Å². The first-order valence-corrected chi connectivity index (χ1v) is 11.2. The summed E-state index contributed by atoms with van der Waals surface area (Å²) in [5, 5.41) is 23.5. The van der Waals surface area contributed by atoms with Crippen LogP contribution < -0.4 is 0 Å². The van der Waals surface area contributed by atoms with Crippen LogP contribution in [0.3, 0.4) is 0 Å². The number of nitro benzene ring substituents is 2. The molecule has 0 saturated heterocycles. The quantitative estimate of drug-likeness (QED) is 0.179. The van der Waals surface area contributed by atoms with Crippen LogP contribution in [0, 0.1) is 20.2 Å². The predicted octanol–water partition coefficient (Wildman–Crippen LogP) is 7.71. The number of non-ortho nitro benzene ring substituents is 2. The molecule has 4 aromatic rings. The van der Waals surface area contributed by atoms with Gasteiger partial charge >= 0.3 is 0 Å². The Morgan fingerprint density at radius 2 is 0.971 bits per heavy atom. The number of rotatable bonds is 8. The lowest BCUT2D eigenvalue weighted by Gasteiger charge is -2.27. The van der Waals surface area contributed by atoms with Crippen molar-refractivity contribution in [1.29, 1.82) is 0 Å². The molecule has 0 fully saturated rings. The summed E-state index contributed by atoms with van der Waals surface area (Å²) < 4.78 is 6.61. The number of nitrogens with zero attached hydrogens (tertiary/aromatic N) is 2. The maximum atomic E-state index is 11.5. The monoisotopic (exact) mass is 508 g/mol. The normalized spacial score (nSPS) is 12.6. The van der Waals surface area contributed by atoms with E-state index >= 15 is 0 Å². The summed E-state index contributed by atoms with van der Waals surface area (Å²) in [4.78, 5) is 21.9. The minimum absolute atomic E-state index is 0.140. The molecule has 0 saturated carbocycles. The van der Waals surface area contributed by atoms with Crippen LogP contribution in [-0.4, -0.2) is 9.85 Å². The van der Waals surface area contributed by atoms with E-state index in [0.29, 0.717) is 22.3 Å². The van der Waals surface area contributed by atoms with Crippen molar-refractivity contribution >= 4 is 34.6 Å². The zero-order valence-corrected chi connectivity index (χ0v) is 19.6. The highest BCUT2D eigenvalue weighted by Gasteiger charge is 2.28. The lowest BCUT2D eigenvalue weighted by Crippen LogP contribution is -2.14. The summed E-state index contributed by atoms with van der Waals surface area (Å²) in [6.45, 7) is 0. The van der Waals surface area contributed by atoms with Crippen LogP contribution in [0.1, 0.15) is 34.5 Å². The second kappa shape index (κ2) is 10.7. The Kier molecular flexibility index (Phi) is 7.41. The average Bonchev–Trinajstić information content (AvgIpc) is 2.87. The molecule has 4 rings (SSSR count). The molecular formula is C26H18Cl2N2O5. The summed E-state index contributed by atoms with van der Waals surface area (Å²) in [6.07, 6.45) is -1.69. The second-order valence-corrected chi connectivity index (χ2v) is 8.46. The van der Waals surface area contributed by atoms with Gasteiger partial charge in [0.1, 0.15) is 12.2 Å². The molecular weight excluding hydrogens is 491 g/mol. The van der Waals surface area contributed by atoms with E-state index in [9.17, 15) is 20.2 Å². The third kappa shape index (κ3) is 5.49. The number of hydrogen-bond donors (Lipinski definition) is 0. The second-order valence-electron chi connectivity index (χ2n) is 7.64. The van der Waals surface area contributed by atoms with E-state index in [4.69, 9.17) is 27.9 Å². The number of benzene rings is 4. The van der Waals surface area contributed by atoms with E-state index in [2.05, 4.69) is 0 Å². The van der Waals surface area contributed by atoms with Crippen LogP contribution in [0.25, 0.3) is 0 Å². The van der Waals surface area contributed by atoms with Gasteiger partial charge in [-0.05, 0) is 23.3 Å². The molecule has 0 spiro atoms. The predicted molar refractivity (Wildman–Crippen MR) is 134 cm³/mol. The maximum absolute atomic E-state index is 11.5. The first-order valence-electron chi connectivity index (χ1n) is 10.5. The van der Waals surface area contributed by atoms with Crippen LogP contribution in [0.15, 0.2) is 97.1 Å². The number of hydrogen-bond acceptors (Lipinski definition) is 5. The minimum atomic E-state index is -0.843. The van der Waals surface area contributed by atoms with Crippen molar-refractivity contribution in [1.82, 2.24) is 0 Å². The number of halogens is 2. The molecule has 0 aliphatic heterocycles. The summed E-state index contributed by atoms with van der Waals surface area (Å²) in [7, 11) is 0. The first kappa shape index (κ1) is 24.3. The standard InChI is InChI=1S/C26H18Cl2N2O5/c27-23-13-11-19(29(31)32)15-21(23)25(17-7-3-1-4-8-17)35-26(18-9-5-2-6-10-18)22-16-20(30(33)34)12-14-24(22)28/h1-16,25-26H. The Hall–Kier alpha value is -3.78. The molecule has 0 aromatic heterocycles. The Bertz CT molecular complexity index is 1260. The van der Waals surface area contributed by atoms with Crippen molar-refractivity contribution in [3.63, 3.8) is 0 Å². The van der Waals surface area contributed by atoms with Crippen molar-refractivity contribution < 1.29 is 14.6 Å². The lowest BCUT2D eigenvalue weighted by atomic mass is 9.97. The Morgan fingerprint density at radius 1 is 0.600 bits per heavy atom. The van der Waals surface area contributed by atoms with Crippen LogP contribution >= 0.6 is 23.2 Å². The van der Waals surface area contributed by atoms with E-state index in [0.717, 1.165) is 0 Å². The molecule has 2 unspecified atom stereocenters. The van der Waals surface area contributed by atoms with Crippen LogP contribution in [0.4, 0.5) is 11.4 Å². The Balaban J connectivity index is 1.90. The first-order chi connectivity index (χ1) is 16.8. The fourth-order valence-electron chi connectivity index (χ4n) is 3.75. The maximum Gasteiger partial charge on any atom is 0.269 e. The summed E-state index contributed by atoms with van der Waals surface area (Å²) in [5.41, 5.74) is 1.87. The van der Waals surface area contributed by atoms with Gasteiger partial charge in [-0.3, -0.25) is 20.2 Å². The summed E-state index contributed by atoms with van der Waals surface area (Å²) >= 11 is 13.0. The molecule has 0 heterocycles. The molecule has 0 N–H and O–H groups in total. The molecule has 2 atom stereocenters. The van der Waals surface area contributed by atoms with Gasteiger partial charge in [-0.2, -0.15) is 0 Å². The van der Waals surface area contributed by atoms with Gasteiger partial charge in [0.2, 0.25) is 0 Å². The number of nitro groups is 2. The fraction of sp³-hybridized carbons (Fsp3) is 0.0769. The molecule has 0 aliphatic carbocycles. The van der Waals surface area contributed by atoms with Crippen LogP contribution in [-0.2, 0) is 4.74 Å². The SMILES string of the molecule is O=[N+]([O-])c1ccc(Cl)c(C(OC(c2ccccc2)c2cc([N+](=O)[O-])ccc2Cl)c2ccccc2)c1. The highest BCUT2D eigenvalue weighted by molar-refractivity contribution is 6.31. The third-order valence-electron chi connectivity index (χ3n) is 5.42. The zero-order valence-electron chi connectivity index (χ0n) is 18.1.